The van der Waals surface area contributed by atoms with Gasteiger partial charge in [0.05, 0.1) is 29.3 Å². The summed E-state index contributed by atoms with van der Waals surface area (Å²) in [5.41, 5.74) is 6.62. The summed E-state index contributed by atoms with van der Waals surface area (Å²) in [7, 11) is 3.71. The molecule has 5 aliphatic heterocycles. The van der Waals surface area contributed by atoms with Crippen molar-refractivity contribution in [3.63, 3.8) is 0 Å². The average molecular weight is 608 g/mol. The van der Waals surface area contributed by atoms with Crippen LogP contribution in [0.1, 0.15) is 63.2 Å². The third-order valence-electron chi connectivity index (χ3n) is 10.1. The number of thioether (sulfide) groups is 1. The largest absolute Gasteiger partial charge is 0.507 e. The molecule has 2 saturated heterocycles. The Kier molecular flexibility index (Phi) is 6.97. The van der Waals surface area contributed by atoms with Gasteiger partial charge in [-0.15, -0.1) is 0 Å². The van der Waals surface area contributed by atoms with Gasteiger partial charge >= 0.3 is 5.97 Å². The summed E-state index contributed by atoms with van der Waals surface area (Å²) < 4.78 is 29.6. The van der Waals surface area contributed by atoms with Crippen molar-refractivity contribution in [1.29, 1.82) is 5.26 Å². The third-order valence-corrected chi connectivity index (χ3v) is 11.7. The normalized spacial score (nSPS) is 31.0. The number of phenolic OH excluding ortho intramolecular Hbond substituents is 1. The van der Waals surface area contributed by atoms with Gasteiger partial charge in [-0.2, -0.15) is 17.0 Å². The maximum absolute atomic E-state index is 13.1. The zero-order valence-electron chi connectivity index (χ0n) is 25.3. The second-order valence-electron chi connectivity index (χ2n) is 12.3. The lowest BCUT2D eigenvalue weighted by Gasteiger charge is -2.61. The van der Waals surface area contributed by atoms with E-state index in [9.17, 15) is 15.2 Å². The van der Waals surface area contributed by atoms with Crippen molar-refractivity contribution in [2.75, 3.05) is 40.1 Å². The highest BCUT2D eigenvalue weighted by Gasteiger charge is 2.60. The van der Waals surface area contributed by atoms with Crippen molar-refractivity contribution in [3.05, 3.63) is 45.0 Å². The van der Waals surface area contributed by atoms with Crippen LogP contribution in [0.3, 0.4) is 0 Å². The van der Waals surface area contributed by atoms with Gasteiger partial charge in [-0.25, -0.2) is 0 Å². The molecular weight excluding hydrogens is 570 g/mol. The number of benzene rings is 2. The standard InChI is InChI=1S/C32H37N3O7S/c1-14-7-18-8-19-20(9-33)35-21-10-39-32(37)15(2)11-43-31(24-23(21)30-29(41-13-42-30)17(4)27(24)36)26(35)25(34(19)5)22(18)28(16(14)3)40-12-38-6/h7,15,19-21,25-26,31,36H,8,10-13H2,1-6H3/t15?,19-,20-,21+,25-,26?,31+/m0/s1. The van der Waals surface area contributed by atoms with Gasteiger partial charge in [-0.3, -0.25) is 14.6 Å². The number of carbonyl (C=O) groups excluding carboxylic acids is 1. The number of nitrogens with zero attached hydrogens (tertiary/aromatic N) is 3. The maximum Gasteiger partial charge on any atom is 0.309 e. The molecule has 1 N–H and O–H groups in total. The van der Waals surface area contributed by atoms with Gasteiger partial charge in [0.1, 0.15) is 24.1 Å². The van der Waals surface area contributed by atoms with Crippen LogP contribution in [-0.4, -0.2) is 79.1 Å². The Balaban J connectivity index is 1.53. The predicted octanol–water partition coefficient (Wildman–Crippen LogP) is 4.22. The topological polar surface area (TPSA) is 114 Å². The van der Waals surface area contributed by atoms with Crippen LogP contribution in [0.2, 0.25) is 0 Å². The Morgan fingerprint density at radius 2 is 1.91 bits per heavy atom. The van der Waals surface area contributed by atoms with Crippen molar-refractivity contribution in [2.45, 2.75) is 69.6 Å². The summed E-state index contributed by atoms with van der Waals surface area (Å²) >= 11 is 1.63. The number of hydrogen-bond donors (Lipinski definition) is 1. The molecule has 7 rings (SSSR count). The number of phenols is 1. The first-order chi connectivity index (χ1) is 20.7. The fourth-order valence-corrected chi connectivity index (χ4v) is 9.47. The summed E-state index contributed by atoms with van der Waals surface area (Å²) in [4.78, 5) is 17.6. The summed E-state index contributed by atoms with van der Waals surface area (Å²) in [6, 6.07) is 3.32. The van der Waals surface area contributed by atoms with E-state index >= 15 is 0 Å². The molecule has 0 saturated carbocycles. The van der Waals surface area contributed by atoms with Gasteiger partial charge in [0.15, 0.2) is 18.3 Å². The van der Waals surface area contributed by atoms with Crippen molar-refractivity contribution in [2.24, 2.45) is 5.92 Å². The number of fused-ring (bicyclic) bond motifs is 9. The number of piperazine rings is 1. The molecule has 0 amide bonds. The molecule has 11 heteroatoms. The molecule has 0 spiro atoms. The number of esters is 1. The number of carbonyl (C=O) groups is 1. The van der Waals surface area contributed by atoms with Crippen LogP contribution in [-0.2, 0) is 20.7 Å². The van der Waals surface area contributed by atoms with E-state index in [4.69, 9.17) is 23.7 Å². The highest BCUT2D eigenvalue weighted by atomic mass is 32.2. The Bertz CT molecular complexity index is 1560. The zero-order chi connectivity index (χ0) is 30.3. The summed E-state index contributed by atoms with van der Waals surface area (Å²) in [6.45, 7) is 8.09. The van der Waals surface area contributed by atoms with Crippen LogP contribution in [0, 0.1) is 38.0 Å². The second kappa shape index (κ2) is 10.5. The number of aryl methyl sites for hydroxylation is 1. The molecule has 5 aliphatic rings. The van der Waals surface area contributed by atoms with Crippen molar-refractivity contribution >= 4 is 17.7 Å². The number of cyclic esters (lactones) is 1. The number of rotatable bonds is 3. The van der Waals surface area contributed by atoms with Gasteiger partial charge in [0.25, 0.3) is 0 Å². The molecule has 4 bridgehead atoms. The molecule has 5 heterocycles. The molecule has 0 aromatic heterocycles. The smallest absolute Gasteiger partial charge is 0.309 e. The van der Waals surface area contributed by atoms with Gasteiger partial charge in [0, 0.05) is 47.2 Å². The lowest BCUT2D eigenvalue weighted by atomic mass is 9.71. The fraction of sp³-hybridized carbons (Fsp3) is 0.562. The van der Waals surface area contributed by atoms with Crippen molar-refractivity contribution in [3.8, 4) is 29.1 Å². The van der Waals surface area contributed by atoms with Crippen molar-refractivity contribution in [1.82, 2.24) is 9.80 Å². The van der Waals surface area contributed by atoms with E-state index in [1.54, 1.807) is 18.9 Å². The molecule has 228 valence electrons. The van der Waals surface area contributed by atoms with Crippen LogP contribution >= 0.6 is 11.8 Å². The number of ether oxygens (including phenoxy) is 5. The highest BCUT2D eigenvalue weighted by Crippen LogP contribution is 2.63. The molecule has 10 nitrogen and oxygen atoms in total. The number of methoxy groups -OCH3 is 1. The van der Waals surface area contributed by atoms with Crippen molar-refractivity contribution < 1.29 is 33.6 Å². The predicted molar refractivity (Wildman–Crippen MR) is 158 cm³/mol. The second-order valence-corrected chi connectivity index (χ2v) is 13.5. The van der Waals surface area contributed by atoms with Crippen LogP contribution in [0.25, 0.3) is 0 Å². The third kappa shape index (κ3) is 3.99. The number of nitriles is 1. The van der Waals surface area contributed by atoms with E-state index in [-0.39, 0.29) is 61.2 Å². The summed E-state index contributed by atoms with van der Waals surface area (Å²) in [5.74, 6) is 1.96. The molecular formula is C32H37N3O7S. The first kappa shape index (κ1) is 28.6. The quantitative estimate of drug-likeness (QED) is 0.400. The lowest BCUT2D eigenvalue weighted by molar-refractivity contribution is -0.153. The molecule has 0 aliphatic carbocycles. The average Bonchev–Trinajstić information content (AvgIpc) is 3.48. The molecule has 43 heavy (non-hydrogen) atoms. The van der Waals surface area contributed by atoms with Gasteiger partial charge in [0.2, 0.25) is 6.79 Å². The van der Waals surface area contributed by atoms with E-state index in [0.717, 1.165) is 33.6 Å². The monoisotopic (exact) mass is 607 g/mol. The molecule has 7 atom stereocenters. The van der Waals surface area contributed by atoms with E-state index < -0.39 is 12.1 Å². The van der Waals surface area contributed by atoms with Crippen LogP contribution in [0.5, 0.6) is 23.0 Å². The molecule has 2 fully saturated rings. The van der Waals surface area contributed by atoms with Crippen LogP contribution in [0.15, 0.2) is 6.07 Å². The highest BCUT2D eigenvalue weighted by molar-refractivity contribution is 7.99. The van der Waals surface area contributed by atoms with Crippen LogP contribution < -0.4 is 14.2 Å². The molecule has 2 aromatic rings. The number of likely N-dealkylation sites (N-methyl/N-ethyl adjacent to an activating group) is 1. The number of aromatic hydroxyl groups is 1. The summed E-state index contributed by atoms with van der Waals surface area (Å²) in [6.07, 6.45) is 0.666. The number of hydrogen-bond acceptors (Lipinski definition) is 11. The molecule has 0 radical (unpaired) electrons. The first-order valence-corrected chi connectivity index (χ1v) is 15.8. The zero-order valence-corrected chi connectivity index (χ0v) is 26.1. The van der Waals surface area contributed by atoms with E-state index in [1.807, 2.05) is 13.8 Å². The lowest BCUT2D eigenvalue weighted by Crippen LogP contribution is -2.69. The van der Waals surface area contributed by atoms with Gasteiger partial charge in [-0.1, -0.05) is 13.0 Å². The minimum atomic E-state index is -0.521. The van der Waals surface area contributed by atoms with Gasteiger partial charge < -0.3 is 28.8 Å². The summed E-state index contributed by atoms with van der Waals surface area (Å²) in [5, 5.41) is 22.4. The minimum Gasteiger partial charge on any atom is -0.507 e. The van der Waals surface area contributed by atoms with Crippen LogP contribution in [0.4, 0.5) is 0 Å². The SMILES string of the molecule is COCOc1c(C)c(C)cc2c1[C@H]1C3[C@@H]4SCC(C)C(=O)OC[C@H](c5c6c(c(C)c(O)c54)OCO6)N3[C@@H](C#N)[C@H](C2)N1C. The Morgan fingerprint density at radius 3 is 2.65 bits per heavy atom. The minimum absolute atomic E-state index is 0.0382. The van der Waals surface area contributed by atoms with E-state index in [0.29, 0.717) is 29.2 Å². The Labute approximate surface area is 255 Å². The van der Waals surface area contributed by atoms with Gasteiger partial charge in [-0.05, 0) is 50.9 Å². The Hall–Kier alpha value is -3.17. The fourth-order valence-electron chi connectivity index (χ4n) is 7.95. The maximum atomic E-state index is 13.1. The van der Waals surface area contributed by atoms with E-state index in [2.05, 4.69) is 42.8 Å². The first-order valence-electron chi connectivity index (χ1n) is 14.8. The molecule has 2 aromatic carbocycles. The van der Waals surface area contributed by atoms with E-state index in [1.165, 1.54) is 5.56 Å². The molecule has 2 unspecified atom stereocenters. The Morgan fingerprint density at radius 1 is 1.14 bits per heavy atom.